The van der Waals surface area contributed by atoms with Crippen LogP contribution in [-0.4, -0.2) is 29.9 Å². The van der Waals surface area contributed by atoms with E-state index in [1.165, 1.54) is 22.3 Å². The third kappa shape index (κ3) is 9.43. The lowest BCUT2D eigenvalue weighted by molar-refractivity contribution is 0.437. The lowest BCUT2D eigenvalue weighted by Gasteiger charge is -2.40. The second-order valence-electron chi connectivity index (χ2n) is 28.1. The summed E-state index contributed by atoms with van der Waals surface area (Å²) in [5, 5.41) is 9.99. The van der Waals surface area contributed by atoms with Gasteiger partial charge in [-0.2, -0.15) is 5.26 Å². The minimum absolute atomic E-state index is 0.480. The van der Waals surface area contributed by atoms with E-state index in [0.29, 0.717) is 46.3 Å². The maximum Gasteiger partial charge on any atom is 0.167 e. The fourth-order valence-electron chi connectivity index (χ4n) is 17.7. The van der Waals surface area contributed by atoms with Crippen molar-refractivity contribution in [1.29, 1.82) is 5.26 Å². The molecular formula is C99H58N8O2S. The molecule has 2 aliphatic carbocycles. The summed E-state index contributed by atoms with van der Waals surface area (Å²) in [5.74, 6) is 6.08. The van der Waals surface area contributed by atoms with Crippen LogP contribution in [0.2, 0.25) is 0 Å². The number of benzene rings is 15. The van der Waals surface area contributed by atoms with E-state index in [1.807, 2.05) is 109 Å². The first kappa shape index (κ1) is 62.9. The number of anilines is 3. The van der Waals surface area contributed by atoms with Gasteiger partial charge in [-0.3, -0.25) is 0 Å². The molecule has 512 valence electrons. The molecule has 2 aromatic heterocycles. The Kier molecular flexibility index (Phi) is 14.2. The smallest absolute Gasteiger partial charge is 0.167 e. The highest BCUT2D eigenvalue weighted by molar-refractivity contribution is 8.00. The molecule has 17 aromatic rings. The summed E-state index contributed by atoms with van der Waals surface area (Å²) < 4.78 is 14.4. The number of aromatic nitrogens is 6. The van der Waals surface area contributed by atoms with Gasteiger partial charge in [0.2, 0.25) is 0 Å². The van der Waals surface area contributed by atoms with Crippen molar-refractivity contribution in [1.82, 2.24) is 29.9 Å². The summed E-state index contributed by atoms with van der Waals surface area (Å²) in [7, 11) is 0. The highest BCUT2D eigenvalue weighted by Crippen LogP contribution is 2.66. The third-order valence-electron chi connectivity index (χ3n) is 22.4. The van der Waals surface area contributed by atoms with Gasteiger partial charge in [0.25, 0.3) is 0 Å². The first-order valence-corrected chi connectivity index (χ1v) is 37.6. The first-order valence-electron chi connectivity index (χ1n) is 36.8. The Hall–Kier alpha value is -14.4. The number of rotatable bonds is 9. The van der Waals surface area contributed by atoms with Crippen molar-refractivity contribution in [3.05, 3.63) is 402 Å². The summed E-state index contributed by atoms with van der Waals surface area (Å²) in [6.07, 6.45) is 0. The summed E-state index contributed by atoms with van der Waals surface area (Å²) in [5.41, 5.74) is 24.8. The Morgan fingerprint density at radius 1 is 0.273 bits per heavy atom. The summed E-state index contributed by atoms with van der Waals surface area (Å²) >= 11 is 1.81. The Morgan fingerprint density at radius 2 is 0.645 bits per heavy atom. The molecule has 3 aliphatic heterocycles. The number of fused-ring (bicyclic) bond motifs is 20. The van der Waals surface area contributed by atoms with Gasteiger partial charge >= 0.3 is 0 Å². The van der Waals surface area contributed by atoms with Crippen molar-refractivity contribution in [3.63, 3.8) is 0 Å². The number of para-hydroxylation sites is 5. The van der Waals surface area contributed by atoms with Crippen LogP contribution in [0, 0.1) is 11.3 Å². The average Bonchev–Trinajstić information content (AvgIpc) is 1.50. The van der Waals surface area contributed by atoms with Crippen LogP contribution in [-0.2, 0) is 10.8 Å². The molecule has 10 nitrogen and oxygen atoms in total. The molecular weight excluding hydrogens is 1370 g/mol. The minimum atomic E-state index is -0.807. The molecule has 22 rings (SSSR count). The van der Waals surface area contributed by atoms with Crippen LogP contribution in [0.5, 0.6) is 23.0 Å². The van der Waals surface area contributed by atoms with Gasteiger partial charge < -0.3 is 14.4 Å². The summed E-state index contributed by atoms with van der Waals surface area (Å²) in [6, 6.07) is 126. The van der Waals surface area contributed by atoms with E-state index in [2.05, 4.69) is 254 Å². The van der Waals surface area contributed by atoms with Gasteiger partial charge in [-0.1, -0.05) is 285 Å². The predicted molar refractivity (Wildman–Crippen MR) is 435 cm³/mol. The molecule has 0 amide bonds. The zero-order valence-corrected chi connectivity index (χ0v) is 59.6. The van der Waals surface area contributed by atoms with E-state index >= 15 is 0 Å². The molecule has 0 saturated carbocycles. The fraction of sp³-hybridized carbons (Fsp3) is 0.0202. The number of hydrogen-bond acceptors (Lipinski definition) is 11. The molecule has 1 atom stereocenters. The van der Waals surface area contributed by atoms with Crippen LogP contribution in [0.3, 0.4) is 0 Å². The van der Waals surface area contributed by atoms with Gasteiger partial charge in [0.1, 0.15) is 23.0 Å². The molecule has 0 N–H and O–H groups in total. The maximum absolute atomic E-state index is 9.99. The van der Waals surface area contributed by atoms with Crippen LogP contribution in [0.25, 0.3) is 113 Å². The molecule has 0 fully saturated rings. The van der Waals surface area contributed by atoms with E-state index in [9.17, 15) is 5.26 Å². The zero-order valence-electron chi connectivity index (χ0n) is 58.8. The molecule has 0 radical (unpaired) electrons. The summed E-state index contributed by atoms with van der Waals surface area (Å²) in [4.78, 5) is 36.5. The van der Waals surface area contributed by atoms with Crippen molar-refractivity contribution in [2.45, 2.75) is 20.6 Å². The molecule has 11 heteroatoms. The van der Waals surface area contributed by atoms with E-state index < -0.39 is 10.8 Å². The number of hydrogen-bond donors (Lipinski definition) is 0. The predicted octanol–water partition coefficient (Wildman–Crippen LogP) is 24.1. The third-order valence-corrected chi connectivity index (χ3v) is 23.6. The quantitative estimate of drug-likeness (QED) is 0.137. The van der Waals surface area contributed by atoms with E-state index in [1.54, 1.807) is 11.8 Å². The molecule has 5 aliphatic rings. The SMILES string of the molecule is N#Cc1ccccc1-c1ccc(-c2nc(-c3ccccc3)nc(-c3cccc4c3Oc3ccccc3C43c4ccccc4-c4cc(-c5cccc6c5Sc5ccccc5N6c5ccc(-c6nc(-c7ccccc7)nc(-c7cccc8c7Oc7ccccc7C87c8ccccc8-c8ccccc87)n6)cc5)ccc43)n2)cc1. The Labute approximate surface area is 638 Å². The number of nitrogens with zero attached hydrogens (tertiary/aromatic N) is 8. The van der Waals surface area contributed by atoms with E-state index in [-0.39, 0.29) is 0 Å². The monoisotopic (exact) mass is 1420 g/mol. The topological polar surface area (TPSA) is 123 Å². The average molecular weight is 1420 g/mol. The lowest BCUT2D eigenvalue weighted by atomic mass is 9.65. The number of ether oxygens (including phenoxy) is 2. The van der Waals surface area contributed by atoms with E-state index in [4.69, 9.17) is 39.4 Å². The van der Waals surface area contributed by atoms with Gasteiger partial charge in [-0.25, -0.2) is 29.9 Å². The second-order valence-corrected chi connectivity index (χ2v) is 29.2. The standard InChI is InChI=1S/C99H58N8O2S/c100-59-66-28-7-8-29-68(66)60-48-50-63(51-49-60)94-101-92(61-24-3-1-4-25-61)103-96(105-94)74-35-22-42-83-90(74)109-87-46-19-16-40-81(87)99(83)78-38-14-11-32-72(78)75-58-65(54-57-79(75)99)69-33-23-44-85-91(69)110-88-47-20-17-43-84(88)107(85)67-55-52-64(53-56-67)95-102-93(62-26-5-2-6-27-62)104-97(106-95)73-34-21-41-82-89(73)108-86-45-18-15-39-80(86)98(82)76-36-12-9-30-70(76)71-31-10-13-37-77(71)98/h1-58H. The Morgan fingerprint density at radius 3 is 1.19 bits per heavy atom. The van der Waals surface area contributed by atoms with Crippen LogP contribution in [0.1, 0.15) is 50.1 Å². The highest BCUT2D eigenvalue weighted by atomic mass is 32.2. The Balaban J connectivity index is 0.646. The molecule has 0 saturated heterocycles. The van der Waals surface area contributed by atoms with Crippen molar-refractivity contribution >= 4 is 28.8 Å². The Bertz CT molecular complexity index is 6690. The molecule has 1 unspecified atom stereocenters. The van der Waals surface area contributed by atoms with Crippen molar-refractivity contribution in [2.24, 2.45) is 0 Å². The van der Waals surface area contributed by atoms with Gasteiger partial charge in [-0.15, -0.1) is 0 Å². The zero-order chi connectivity index (χ0) is 72.6. The van der Waals surface area contributed by atoms with Gasteiger partial charge in [0.05, 0.1) is 45.0 Å². The molecule has 2 spiro atoms. The largest absolute Gasteiger partial charge is 0.456 e. The molecule has 110 heavy (non-hydrogen) atoms. The maximum atomic E-state index is 9.99. The lowest BCUT2D eigenvalue weighted by Crippen LogP contribution is -2.32. The van der Waals surface area contributed by atoms with Crippen molar-refractivity contribution < 1.29 is 9.47 Å². The first-order chi connectivity index (χ1) is 54.5. The van der Waals surface area contributed by atoms with Crippen LogP contribution >= 0.6 is 11.8 Å². The fourth-order valence-corrected chi connectivity index (χ4v) is 18.9. The van der Waals surface area contributed by atoms with E-state index in [0.717, 1.165) is 144 Å². The van der Waals surface area contributed by atoms with Gasteiger partial charge in [0, 0.05) is 60.0 Å². The summed E-state index contributed by atoms with van der Waals surface area (Å²) in [6.45, 7) is 0. The molecule has 15 aromatic carbocycles. The van der Waals surface area contributed by atoms with Crippen LogP contribution in [0.4, 0.5) is 17.1 Å². The van der Waals surface area contributed by atoms with Crippen molar-refractivity contribution in [2.75, 3.05) is 4.90 Å². The molecule has 5 heterocycles. The molecule has 0 bridgehead atoms. The second kappa shape index (κ2) is 24.8. The van der Waals surface area contributed by atoms with Gasteiger partial charge in [0.15, 0.2) is 34.9 Å². The van der Waals surface area contributed by atoms with Gasteiger partial charge in [-0.05, 0) is 146 Å². The number of nitriles is 1. The highest BCUT2D eigenvalue weighted by Gasteiger charge is 2.54. The van der Waals surface area contributed by atoms with Crippen LogP contribution in [0.15, 0.2) is 362 Å². The minimum Gasteiger partial charge on any atom is -0.456 e. The normalized spacial score (nSPS) is 14.4. The van der Waals surface area contributed by atoms with Crippen molar-refractivity contribution in [3.8, 4) is 142 Å². The van der Waals surface area contributed by atoms with Crippen LogP contribution < -0.4 is 14.4 Å².